The first-order valence-electron chi connectivity index (χ1n) is 5.08. The van der Waals surface area contributed by atoms with Crippen molar-refractivity contribution in [2.45, 2.75) is 13.0 Å². The van der Waals surface area contributed by atoms with E-state index in [4.69, 9.17) is 17.4 Å². The molecule has 1 heterocycles. The second-order valence-electron chi connectivity index (χ2n) is 3.71. The Morgan fingerprint density at radius 2 is 2.18 bits per heavy atom. The summed E-state index contributed by atoms with van der Waals surface area (Å²) in [5, 5.41) is 2.76. The summed E-state index contributed by atoms with van der Waals surface area (Å²) in [5.41, 5.74) is 5.09. The maximum absolute atomic E-state index is 6.10. The van der Waals surface area contributed by atoms with Crippen molar-refractivity contribution < 1.29 is 0 Å². The molecule has 17 heavy (non-hydrogen) atoms. The fraction of sp³-hybridized carbons (Fsp3) is 0.167. The molecule has 0 saturated carbocycles. The molecule has 5 heteroatoms. The van der Waals surface area contributed by atoms with Crippen LogP contribution >= 0.6 is 38.9 Å². The largest absolute Gasteiger partial charge is 0.271 e. The van der Waals surface area contributed by atoms with Gasteiger partial charge >= 0.3 is 0 Å². The molecular formula is C12H12BrClN2S. The number of hydrogen-bond acceptors (Lipinski definition) is 3. The summed E-state index contributed by atoms with van der Waals surface area (Å²) in [7, 11) is 0. The van der Waals surface area contributed by atoms with Gasteiger partial charge in [-0.1, -0.05) is 17.7 Å². The topological polar surface area (TPSA) is 38.0 Å². The molecular weight excluding hydrogens is 320 g/mol. The molecule has 1 aromatic heterocycles. The van der Waals surface area contributed by atoms with Gasteiger partial charge in [-0.15, -0.1) is 11.3 Å². The Morgan fingerprint density at radius 3 is 2.71 bits per heavy atom. The molecule has 0 amide bonds. The van der Waals surface area contributed by atoms with Crippen molar-refractivity contribution in [3.05, 3.63) is 55.1 Å². The smallest absolute Gasteiger partial charge is 0.0721 e. The number of halogens is 2. The van der Waals surface area contributed by atoms with Crippen LogP contribution in [0.3, 0.4) is 0 Å². The van der Waals surface area contributed by atoms with Crippen molar-refractivity contribution >= 4 is 38.9 Å². The average molecular weight is 332 g/mol. The maximum Gasteiger partial charge on any atom is 0.0721 e. The van der Waals surface area contributed by atoms with Gasteiger partial charge in [-0.3, -0.25) is 5.84 Å². The molecule has 2 nitrogen and oxygen atoms in total. The lowest BCUT2D eigenvalue weighted by atomic mass is 10.0. The van der Waals surface area contributed by atoms with Gasteiger partial charge in [0.25, 0.3) is 0 Å². The van der Waals surface area contributed by atoms with E-state index in [1.807, 2.05) is 18.2 Å². The molecule has 2 aromatic rings. The zero-order valence-electron chi connectivity index (χ0n) is 9.21. The summed E-state index contributed by atoms with van der Waals surface area (Å²) in [5.74, 6) is 5.65. The number of benzene rings is 1. The molecule has 0 aliphatic carbocycles. The zero-order valence-corrected chi connectivity index (χ0v) is 12.4. The van der Waals surface area contributed by atoms with Gasteiger partial charge < -0.3 is 0 Å². The SMILES string of the molecule is Cc1sccc1C(NN)c1ccc(Br)c(Cl)c1. The van der Waals surface area contributed by atoms with Gasteiger partial charge in [0.2, 0.25) is 0 Å². The van der Waals surface area contributed by atoms with Crippen LogP contribution in [0, 0.1) is 6.92 Å². The third-order valence-electron chi connectivity index (χ3n) is 2.65. The van der Waals surface area contributed by atoms with Crippen LogP contribution in [0.2, 0.25) is 5.02 Å². The van der Waals surface area contributed by atoms with E-state index in [9.17, 15) is 0 Å². The van der Waals surface area contributed by atoms with Crippen LogP contribution < -0.4 is 11.3 Å². The fourth-order valence-electron chi connectivity index (χ4n) is 1.75. The summed E-state index contributed by atoms with van der Waals surface area (Å²) < 4.78 is 0.890. The number of nitrogens with two attached hydrogens (primary N) is 1. The second-order valence-corrected chi connectivity index (χ2v) is 6.09. The summed E-state index contributed by atoms with van der Waals surface area (Å²) in [6.45, 7) is 2.09. The summed E-state index contributed by atoms with van der Waals surface area (Å²) in [6.07, 6.45) is 0. The quantitative estimate of drug-likeness (QED) is 0.658. The highest BCUT2D eigenvalue weighted by molar-refractivity contribution is 9.10. The number of aryl methyl sites for hydroxylation is 1. The minimum atomic E-state index is -0.0214. The number of nitrogens with one attached hydrogen (secondary N) is 1. The van der Waals surface area contributed by atoms with Gasteiger partial charge in [-0.2, -0.15) is 0 Å². The highest BCUT2D eigenvalue weighted by atomic mass is 79.9. The molecule has 0 aliphatic heterocycles. The van der Waals surface area contributed by atoms with E-state index < -0.39 is 0 Å². The Labute approximate surface area is 118 Å². The molecule has 1 aromatic carbocycles. The Morgan fingerprint density at radius 1 is 1.41 bits per heavy atom. The molecule has 1 atom stereocenters. The van der Waals surface area contributed by atoms with Gasteiger partial charge in [0, 0.05) is 9.35 Å². The lowest BCUT2D eigenvalue weighted by molar-refractivity contribution is 0.636. The van der Waals surface area contributed by atoms with Crippen molar-refractivity contribution in [1.82, 2.24) is 5.43 Å². The van der Waals surface area contributed by atoms with Gasteiger partial charge in [-0.05, 0) is 57.6 Å². The number of hydrazine groups is 1. The third-order valence-corrected chi connectivity index (χ3v) is 4.75. The van der Waals surface area contributed by atoms with Crippen LogP contribution in [0.25, 0.3) is 0 Å². The van der Waals surface area contributed by atoms with Crippen LogP contribution in [0.15, 0.2) is 34.1 Å². The van der Waals surface area contributed by atoms with E-state index in [-0.39, 0.29) is 6.04 Å². The standard InChI is InChI=1S/C12H12BrClN2S/c1-7-9(4-5-17-7)12(16-15)8-2-3-10(13)11(14)6-8/h2-6,12,16H,15H2,1H3. The maximum atomic E-state index is 6.10. The van der Waals surface area contributed by atoms with Crippen LogP contribution in [0.4, 0.5) is 0 Å². The number of rotatable bonds is 3. The second kappa shape index (κ2) is 5.50. The van der Waals surface area contributed by atoms with E-state index in [2.05, 4.69) is 39.7 Å². The minimum Gasteiger partial charge on any atom is -0.271 e. The first-order chi connectivity index (χ1) is 8.13. The lowest BCUT2D eigenvalue weighted by Gasteiger charge is -2.17. The molecule has 1 unspecified atom stereocenters. The van der Waals surface area contributed by atoms with Crippen LogP contribution in [0.5, 0.6) is 0 Å². The van der Waals surface area contributed by atoms with E-state index in [1.54, 1.807) is 11.3 Å². The van der Waals surface area contributed by atoms with Crippen molar-refractivity contribution in [2.75, 3.05) is 0 Å². The summed E-state index contributed by atoms with van der Waals surface area (Å²) in [4.78, 5) is 1.26. The normalized spacial score (nSPS) is 12.7. The van der Waals surface area contributed by atoms with Gasteiger partial charge in [-0.25, -0.2) is 5.43 Å². The van der Waals surface area contributed by atoms with E-state index in [1.165, 1.54) is 10.4 Å². The molecule has 0 aliphatic rings. The van der Waals surface area contributed by atoms with Gasteiger partial charge in [0.15, 0.2) is 0 Å². The van der Waals surface area contributed by atoms with E-state index in [0.717, 1.165) is 10.0 Å². The van der Waals surface area contributed by atoms with Crippen LogP contribution in [0.1, 0.15) is 22.0 Å². The zero-order chi connectivity index (χ0) is 12.4. The van der Waals surface area contributed by atoms with Crippen molar-refractivity contribution in [1.29, 1.82) is 0 Å². The van der Waals surface area contributed by atoms with E-state index >= 15 is 0 Å². The first-order valence-corrected chi connectivity index (χ1v) is 7.13. The molecule has 0 bridgehead atoms. The molecule has 2 rings (SSSR count). The average Bonchev–Trinajstić information content (AvgIpc) is 2.71. The van der Waals surface area contributed by atoms with Gasteiger partial charge in [0.1, 0.15) is 0 Å². The summed E-state index contributed by atoms with van der Waals surface area (Å²) >= 11 is 11.2. The summed E-state index contributed by atoms with van der Waals surface area (Å²) in [6, 6.07) is 7.93. The van der Waals surface area contributed by atoms with Gasteiger partial charge in [0.05, 0.1) is 11.1 Å². The molecule has 3 N–H and O–H groups in total. The molecule has 0 fully saturated rings. The minimum absolute atomic E-state index is 0.0214. The fourth-order valence-corrected chi connectivity index (χ4v) is 2.93. The number of thiophene rings is 1. The van der Waals surface area contributed by atoms with Crippen molar-refractivity contribution in [2.24, 2.45) is 5.84 Å². The first kappa shape index (κ1) is 13.1. The highest BCUT2D eigenvalue weighted by Gasteiger charge is 2.16. The Hall–Kier alpha value is -0.390. The van der Waals surface area contributed by atoms with Crippen LogP contribution in [-0.4, -0.2) is 0 Å². The number of hydrogen-bond donors (Lipinski definition) is 2. The highest BCUT2D eigenvalue weighted by Crippen LogP contribution is 2.31. The molecule has 0 saturated heterocycles. The lowest BCUT2D eigenvalue weighted by Crippen LogP contribution is -2.28. The molecule has 90 valence electrons. The van der Waals surface area contributed by atoms with Crippen molar-refractivity contribution in [3.8, 4) is 0 Å². The third kappa shape index (κ3) is 2.72. The molecule has 0 radical (unpaired) electrons. The van der Waals surface area contributed by atoms with Crippen molar-refractivity contribution in [3.63, 3.8) is 0 Å². The predicted molar refractivity (Wildman–Crippen MR) is 77.4 cm³/mol. The Balaban J connectivity index is 2.42. The van der Waals surface area contributed by atoms with E-state index in [0.29, 0.717) is 5.02 Å². The monoisotopic (exact) mass is 330 g/mol. The van der Waals surface area contributed by atoms with Crippen LogP contribution in [-0.2, 0) is 0 Å². The Bertz CT molecular complexity index is 527. The molecule has 0 spiro atoms. The predicted octanol–water partition coefficient (Wildman–Crippen LogP) is 4.03. The Kier molecular flexibility index (Phi) is 4.22.